The van der Waals surface area contributed by atoms with Gasteiger partial charge in [-0.15, -0.1) is 0 Å². The molecule has 0 heterocycles. The molecule has 1 atom stereocenters. The number of ether oxygens (including phenoxy) is 1. The fourth-order valence-corrected chi connectivity index (χ4v) is 1.71. The molecule has 0 aromatic carbocycles. The summed E-state index contributed by atoms with van der Waals surface area (Å²) in [6, 6.07) is -0.555. The number of ketones is 1. The van der Waals surface area contributed by atoms with E-state index < -0.39 is 12.0 Å². The number of rotatable bonds is 9. The fraction of sp³-hybridized carbons (Fsp3) is 0.769. The monoisotopic (exact) mass is 257 g/mol. The lowest BCUT2D eigenvalue weighted by molar-refractivity contribution is -0.145. The van der Waals surface area contributed by atoms with Crippen LogP contribution in [0.3, 0.4) is 0 Å². The van der Waals surface area contributed by atoms with Gasteiger partial charge in [0.15, 0.2) is 0 Å². The van der Waals surface area contributed by atoms with E-state index in [0.29, 0.717) is 12.8 Å². The van der Waals surface area contributed by atoms with Crippen molar-refractivity contribution in [3.8, 4) is 0 Å². The van der Waals surface area contributed by atoms with Crippen LogP contribution in [0.15, 0.2) is 0 Å². The van der Waals surface area contributed by atoms with Gasteiger partial charge in [0.2, 0.25) is 5.91 Å². The lowest BCUT2D eigenvalue weighted by atomic mass is 10.1. The van der Waals surface area contributed by atoms with E-state index in [-0.39, 0.29) is 11.7 Å². The van der Waals surface area contributed by atoms with Crippen molar-refractivity contribution >= 4 is 17.7 Å². The molecule has 5 nitrogen and oxygen atoms in total. The highest BCUT2D eigenvalue weighted by atomic mass is 16.5. The highest BCUT2D eigenvalue weighted by Gasteiger charge is 2.19. The fourth-order valence-electron chi connectivity index (χ4n) is 1.71. The third-order valence-corrected chi connectivity index (χ3v) is 2.63. The molecule has 0 aromatic heterocycles. The van der Waals surface area contributed by atoms with Crippen molar-refractivity contribution in [2.75, 3.05) is 7.11 Å². The molecule has 0 rings (SSSR count). The highest BCUT2D eigenvalue weighted by molar-refractivity contribution is 5.83. The largest absolute Gasteiger partial charge is 0.467 e. The number of nitrogens with one attached hydrogen (secondary N) is 1. The molecule has 0 radical (unpaired) electrons. The SMILES string of the molecule is COC(=O)C(CCCCCCC(C)=O)NC(C)=O. The summed E-state index contributed by atoms with van der Waals surface area (Å²) < 4.78 is 4.62. The quantitative estimate of drug-likeness (QED) is 0.503. The number of esters is 1. The number of carbonyl (C=O) groups is 3. The molecule has 1 N–H and O–H groups in total. The minimum atomic E-state index is -0.555. The Morgan fingerprint density at radius 3 is 2.17 bits per heavy atom. The number of unbranched alkanes of at least 4 members (excludes halogenated alkanes) is 3. The second-order valence-electron chi connectivity index (χ2n) is 4.43. The van der Waals surface area contributed by atoms with Crippen LogP contribution in [0.25, 0.3) is 0 Å². The molecule has 0 fully saturated rings. The summed E-state index contributed by atoms with van der Waals surface area (Å²) in [5.41, 5.74) is 0. The van der Waals surface area contributed by atoms with Crippen molar-refractivity contribution in [3.05, 3.63) is 0 Å². The molecule has 5 heteroatoms. The molecular formula is C13H23NO4. The molecule has 0 saturated carbocycles. The van der Waals surface area contributed by atoms with Gasteiger partial charge in [-0.05, 0) is 19.8 Å². The topological polar surface area (TPSA) is 72.5 Å². The Morgan fingerprint density at radius 2 is 1.67 bits per heavy atom. The van der Waals surface area contributed by atoms with E-state index in [0.717, 1.165) is 25.7 Å². The van der Waals surface area contributed by atoms with E-state index in [4.69, 9.17) is 0 Å². The predicted octanol–water partition coefficient (Wildman–Crippen LogP) is 1.59. The van der Waals surface area contributed by atoms with Crippen LogP contribution in [0, 0.1) is 0 Å². The summed E-state index contributed by atoms with van der Waals surface area (Å²) in [5.74, 6) is -0.434. The normalized spacial score (nSPS) is 11.7. The molecule has 0 spiro atoms. The van der Waals surface area contributed by atoms with Crippen LogP contribution in [-0.4, -0.2) is 30.8 Å². The second-order valence-corrected chi connectivity index (χ2v) is 4.43. The van der Waals surface area contributed by atoms with Gasteiger partial charge in [0.25, 0.3) is 0 Å². The van der Waals surface area contributed by atoms with E-state index in [2.05, 4.69) is 10.1 Å². The molecule has 1 amide bonds. The van der Waals surface area contributed by atoms with Gasteiger partial charge in [0.05, 0.1) is 7.11 Å². The Labute approximate surface area is 108 Å². The molecule has 0 aliphatic carbocycles. The molecule has 0 aromatic rings. The summed E-state index contributed by atoms with van der Waals surface area (Å²) in [6.45, 7) is 2.97. The summed E-state index contributed by atoms with van der Waals surface area (Å²) in [4.78, 5) is 33.0. The van der Waals surface area contributed by atoms with Gasteiger partial charge < -0.3 is 14.8 Å². The first-order chi connectivity index (χ1) is 8.47. The maximum atomic E-state index is 11.4. The van der Waals surface area contributed by atoms with E-state index in [9.17, 15) is 14.4 Å². The van der Waals surface area contributed by atoms with Crippen molar-refractivity contribution in [2.24, 2.45) is 0 Å². The first kappa shape index (κ1) is 16.6. The van der Waals surface area contributed by atoms with E-state index in [1.54, 1.807) is 6.92 Å². The third kappa shape index (κ3) is 8.73. The third-order valence-electron chi connectivity index (χ3n) is 2.63. The van der Waals surface area contributed by atoms with Crippen molar-refractivity contribution in [1.82, 2.24) is 5.32 Å². The van der Waals surface area contributed by atoms with Crippen LogP contribution in [0.5, 0.6) is 0 Å². The number of methoxy groups -OCH3 is 1. The maximum Gasteiger partial charge on any atom is 0.328 e. The van der Waals surface area contributed by atoms with Crippen LogP contribution in [0.4, 0.5) is 0 Å². The van der Waals surface area contributed by atoms with Crippen molar-refractivity contribution < 1.29 is 19.1 Å². The minimum absolute atomic E-state index is 0.209. The Morgan fingerprint density at radius 1 is 1.06 bits per heavy atom. The maximum absolute atomic E-state index is 11.4. The number of Topliss-reactive ketones (excluding diaryl/α,β-unsaturated/α-hetero) is 1. The molecular weight excluding hydrogens is 234 g/mol. The zero-order valence-corrected chi connectivity index (χ0v) is 11.5. The van der Waals surface area contributed by atoms with Crippen LogP contribution >= 0.6 is 0 Å². The van der Waals surface area contributed by atoms with Gasteiger partial charge in [0.1, 0.15) is 11.8 Å². The first-order valence-corrected chi connectivity index (χ1v) is 6.31. The smallest absolute Gasteiger partial charge is 0.328 e. The van der Waals surface area contributed by atoms with Crippen LogP contribution in [0.1, 0.15) is 52.4 Å². The molecule has 0 aliphatic rings. The van der Waals surface area contributed by atoms with E-state index in [1.807, 2.05) is 0 Å². The molecule has 18 heavy (non-hydrogen) atoms. The average Bonchev–Trinajstić information content (AvgIpc) is 2.30. The standard InChI is InChI=1S/C13H23NO4/c1-10(15)8-6-4-5-7-9-12(13(17)18-3)14-11(2)16/h12H,4-9H2,1-3H3,(H,14,16). The highest BCUT2D eigenvalue weighted by Crippen LogP contribution is 2.08. The van der Waals surface area contributed by atoms with Gasteiger partial charge in [-0.3, -0.25) is 4.79 Å². The number of carbonyl (C=O) groups excluding carboxylic acids is 3. The summed E-state index contributed by atoms with van der Waals surface area (Å²) >= 11 is 0. The lowest BCUT2D eigenvalue weighted by Crippen LogP contribution is -2.40. The molecule has 104 valence electrons. The Balaban J connectivity index is 3.79. The Bertz CT molecular complexity index is 289. The van der Waals surface area contributed by atoms with Gasteiger partial charge in [-0.1, -0.05) is 19.3 Å². The summed E-state index contributed by atoms with van der Waals surface area (Å²) in [6.07, 6.45) is 4.82. The van der Waals surface area contributed by atoms with Gasteiger partial charge in [-0.2, -0.15) is 0 Å². The molecule has 1 unspecified atom stereocenters. The minimum Gasteiger partial charge on any atom is -0.467 e. The van der Waals surface area contributed by atoms with Crippen molar-refractivity contribution in [3.63, 3.8) is 0 Å². The second kappa shape index (κ2) is 9.62. The van der Waals surface area contributed by atoms with Crippen molar-refractivity contribution in [1.29, 1.82) is 0 Å². The lowest BCUT2D eigenvalue weighted by Gasteiger charge is -2.15. The van der Waals surface area contributed by atoms with Gasteiger partial charge in [-0.25, -0.2) is 4.79 Å². The zero-order valence-electron chi connectivity index (χ0n) is 11.5. The average molecular weight is 257 g/mol. The molecule has 0 saturated heterocycles. The predicted molar refractivity (Wildman–Crippen MR) is 68.0 cm³/mol. The van der Waals surface area contributed by atoms with E-state index in [1.165, 1.54) is 14.0 Å². The van der Waals surface area contributed by atoms with Gasteiger partial charge in [0, 0.05) is 13.3 Å². The van der Waals surface area contributed by atoms with E-state index >= 15 is 0 Å². The number of hydrogen-bond donors (Lipinski definition) is 1. The van der Waals surface area contributed by atoms with Crippen LogP contribution in [0.2, 0.25) is 0 Å². The molecule has 0 bridgehead atoms. The number of hydrogen-bond acceptors (Lipinski definition) is 4. The van der Waals surface area contributed by atoms with Gasteiger partial charge >= 0.3 is 5.97 Å². The summed E-state index contributed by atoms with van der Waals surface area (Å²) in [7, 11) is 1.31. The Kier molecular flexibility index (Phi) is 8.88. The zero-order chi connectivity index (χ0) is 14.0. The Hall–Kier alpha value is -1.39. The van der Waals surface area contributed by atoms with Crippen molar-refractivity contribution in [2.45, 2.75) is 58.4 Å². The molecule has 0 aliphatic heterocycles. The summed E-state index contributed by atoms with van der Waals surface area (Å²) in [5, 5.41) is 2.57. The first-order valence-electron chi connectivity index (χ1n) is 6.31. The number of amides is 1. The van der Waals surface area contributed by atoms with Crippen LogP contribution in [-0.2, 0) is 19.1 Å². The van der Waals surface area contributed by atoms with Crippen LogP contribution < -0.4 is 5.32 Å².